The Kier molecular flexibility index (Phi) is 4.55. The lowest BCUT2D eigenvalue weighted by Crippen LogP contribution is -2.44. The maximum atomic E-state index is 12.5. The van der Waals surface area contributed by atoms with Crippen LogP contribution < -0.4 is 5.32 Å². The van der Waals surface area contributed by atoms with Crippen LogP contribution in [-0.4, -0.2) is 29.9 Å². The van der Waals surface area contributed by atoms with E-state index in [1.165, 1.54) is 11.1 Å². The third kappa shape index (κ3) is 3.46. The van der Waals surface area contributed by atoms with Gasteiger partial charge in [0, 0.05) is 30.4 Å². The van der Waals surface area contributed by atoms with Crippen LogP contribution in [0.15, 0.2) is 54.6 Å². The molecule has 1 atom stereocenters. The monoisotopic (exact) mass is 350 g/mol. The molecular weight excluding hydrogens is 328 g/mol. The van der Waals surface area contributed by atoms with Gasteiger partial charge in [0.05, 0.1) is 4.88 Å². The molecule has 128 valence electrons. The number of nitrogens with zero attached hydrogens (tertiary/aromatic N) is 1. The Morgan fingerprint density at radius 2 is 1.92 bits per heavy atom. The van der Waals surface area contributed by atoms with E-state index in [4.69, 9.17) is 0 Å². The molecule has 25 heavy (non-hydrogen) atoms. The molecule has 0 radical (unpaired) electrons. The Morgan fingerprint density at radius 3 is 2.76 bits per heavy atom. The van der Waals surface area contributed by atoms with Crippen LogP contribution in [0.2, 0.25) is 0 Å². The summed E-state index contributed by atoms with van der Waals surface area (Å²) in [6, 6.07) is 19.1. The average Bonchev–Trinajstić information content (AvgIpc) is 3.09. The standard InChI is InChI=1S/C21H22N2OS/c1-15(23-11-10-16-6-2-3-8-18(16)14-23)13-22-21(24)20-12-17-7-4-5-9-19(17)25-20/h2-9,12,15H,10-11,13-14H2,1H3,(H,22,24). The first-order valence-corrected chi connectivity index (χ1v) is 9.60. The highest BCUT2D eigenvalue weighted by molar-refractivity contribution is 7.20. The molecule has 4 heteroatoms. The van der Waals surface area contributed by atoms with Crippen molar-refractivity contribution in [1.29, 1.82) is 0 Å². The second-order valence-corrected chi connectivity index (χ2v) is 7.78. The molecule has 4 rings (SSSR count). The summed E-state index contributed by atoms with van der Waals surface area (Å²) in [5.41, 5.74) is 2.87. The van der Waals surface area contributed by atoms with Crippen LogP contribution in [0, 0.1) is 0 Å². The molecule has 0 aliphatic carbocycles. The van der Waals surface area contributed by atoms with Crippen molar-refractivity contribution in [2.75, 3.05) is 13.1 Å². The number of hydrogen-bond acceptors (Lipinski definition) is 3. The molecule has 3 nitrogen and oxygen atoms in total. The van der Waals surface area contributed by atoms with Crippen molar-refractivity contribution in [3.63, 3.8) is 0 Å². The minimum absolute atomic E-state index is 0.0328. The zero-order valence-electron chi connectivity index (χ0n) is 14.4. The first-order chi connectivity index (χ1) is 12.2. The van der Waals surface area contributed by atoms with Crippen molar-refractivity contribution in [3.8, 4) is 0 Å². The van der Waals surface area contributed by atoms with E-state index in [1.54, 1.807) is 11.3 Å². The molecule has 1 aliphatic heterocycles. The predicted octanol–water partition coefficient (Wildman–Crippen LogP) is 4.08. The molecule has 1 amide bonds. The fourth-order valence-electron chi connectivity index (χ4n) is 3.44. The molecule has 2 aromatic carbocycles. The van der Waals surface area contributed by atoms with Crippen molar-refractivity contribution >= 4 is 27.3 Å². The number of thiophene rings is 1. The topological polar surface area (TPSA) is 32.3 Å². The van der Waals surface area contributed by atoms with E-state index >= 15 is 0 Å². The quantitative estimate of drug-likeness (QED) is 0.769. The van der Waals surface area contributed by atoms with Gasteiger partial charge in [-0.3, -0.25) is 9.69 Å². The largest absolute Gasteiger partial charge is 0.350 e. The molecule has 3 aromatic rings. The maximum Gasteiger partial charge on any atom is 0.261 e. The number of rotatable bonds is 4. The predicted molar refractivity (Wildman–Crippen MR) is 104 cm³/mol. The third-order valence-corrected chi connectivity index (χ3v) is 6.11. The number of nitrogens with one attached hydrogen (secondary N) is 1. The van der Waals surface area contributed by atoms with Crippen molar-refractivity contribution < 1.29 is 4.79 Å². The van der Waals surface area contributed by atoms with Crippen molar-refractivity contribution in [2.24, 2.45) is 0 Å². The van der Waals surface area contributed by atoms with Crippen LogP contribution in [0.25, 0.3) is 10.1 Å². The summed E-state index contributed by atoms with van der Waals surface area (Å²) >= 11 is 1.56. The third-order valence-electron chi connectivity index (χ3n) is 4.99. The van der Waals surface area contributed by atoms with E-state index in [-0.39, 0.29) is 5.91 Å². The smallest absolute Gasteiger partial charge is 0.261 e. The molecule has 1 aromatic heterocycles. The first kappa shape index (κ1) is 16.3. The van der Waals surface area contributed by atoms with Crippen LogP contribution in [0.1, 0.15) is 27.7 Å². The fraction of sp³-hybridized carbons (Fsp3) is 0.286. The first-order valence-electron chi connectivity index (χ1n) is 8.78. The molecule has 1 aliphatic rings. The van der Waals surface area contributed by atoms with Gasteiger partial charge in [0.2, 0.25) is 0 Å². The van der Waals surface area contributed by atoms with Crippen molar-refractivity contribution in [3.05, 3.63) is 70.6 Å². The van der Waals surface area contributed by atoms with Crippen LogP contribution in [-0.2, 0) is 13.0 Å². The minimum Gasteiger partial charge on any atom is -0.350 e. The second-order valence-electron chi connectivity index (χ2n) is 6.70. The zero-order valence-corrected chi connectivity index (χ0v) is 15.2. The Balaban J connectivity index is 1.37. The molecule has 2 heterocycles. The van der Waals surface area contributed by atoms with Gasteiger partial charge in [0.15, 0.2) is 0 Å². The van der Waals surface area contributed by atoms with Gasteiger partial charge < -0.3 is 5.32 Å². The number of hydrogen-bond donors (Lipinski definition) is 1. The highest BCUT2D eigenvalue weighted by Crippen LogP contribution is 2.25. The van der Waals surface area contributed by atoms with Gasteiger partial charge in [-0.15, -0.1) is 11.3 Å². The number of fused-ring (bicyclic) bond motifs is 2. The molecule has 0 saturated carbocycles. The summed E-state index contributed by atoms with van der Waals surface area (Å²) in [4.78, 5) is 15.7. The maximum absolute atomic E-state index is 12.5. The Morgan fingerprint density at radius 1 is 1.16 bits per heavy atom. The summed E-state index contributed by atoms with van der Waals surface area (Å²) in [7, 11) is 0. The summed E-state index contributed by atoms with van der Waals surface area (Å²) < 4.78 is 1.16. The van der Waals surface area contributed by atoms with Crippen LogP contribution >= 0.6 is 11.3 Å². The van der Waals surface area contributed by atoms with Crippen LogP contribution in [0.3, 0.4) is 0 Å². The van der Waals surface area contributed by atoms with E-state index in [2.05, 4.69) is 53.5 Å². The van der Waals surface area contributed by atoms with E-state index in [9.17, 15) is 4.79 Å². The summed E-state index contributed by atoms with van der Waals surface area (Å²) in [5, 5.41) is 4.25. The van der Waals surface area contributed by atoms with Gasteiger partial charge in [-0.25, -0.2) is 0 Å². The average molecular weight is 350 g/mol. The normalized spacial score (nSPS) is 15.7. The summed E-state index contributed by atoms with van der Waals surface area (Å²) in [6.45, 7) is 4.89. The lowest BCUT2D eigenvalue weighted by Gasteiger charge is -2.33. The fourth-order valence-corrected chi connectivity index (χ4v) is 4.42. The lowest BCUT2D eigenvalue weighted by atomic mass is 9.99. The van der Waals surface area contributed by atoms with E-state index in [0.717, 1.165) is 34.5 Å². The molecule has 1 unspecified atom stereocenters. The van der Waals surface area contributed by atoms with E-state index < -0.39 is 0 Å². The number of carbonyl (C=O) groups excluding carboxylic acids is 1. The van der Waals surface area contributed by atoms with Crippen LogP contribution in [0.4, 0.5) is 0 Å². The van der Waals surface area contributed by atoms with Gasteiger partial charge in [-0.05, 0) is 42.0 Å². The van der Waals surface area contributed by atoms with Gasteiger partial charge in [0.1, 0.15) is 0 Å². The highest BCUT2D eigenvalue weighted by Gasteiger charge is 2.21. The number of amides is 1. The van der Waals surface area contributed by atoms with Gasteiger partial charge in [-0.2, -0.15) is 0 Å². The van der Waals surface area contributed by atoms with Crippen molar-refractivity contribution in [1.82, 2.24) is 10.2 Å². The Bertz CT molecular complexity index is 869. The molecule has 0 fully saturated rings. The molecule has 1 N–H and O–H groups in total. The molecule has 0 bridgehead atoms. The Labute approximate surface area is 152 Å². The Hall–Kier alpha value is -2.17. The number of benzene rings is 2. The van der Waals surface area contributed by atoms with Crippen LogP contribution in [0.5, 0.6) is 0 Å². The summed E-state index contributed by atoms with van der Waals surface area (Å²) in [6.07, 6.45) is 1.09. The molecule has 0 saturated heterocycles. The molecule has 0 spiro atoms. The van der Waals surface area contributed by atoms with Gasteiger partial charge in [-0.1, -0.05) is 42.5 Å². The van der Waals surface area contributed by atoms with Gasteiger partial charge in [0.25, 0.3) is 5.91 Å². The molecular formula is C21H22N2OS. The van der Waals surface area contributed by atoms with E-state index in [0.29, 0.717) is 12.6 Å². The van der Waals surface area contributed by atoms with Crippen molar-refractivity contribution in [2.45, 2.75) is 25.9 Å². The summed E-state index contributed by atoms with van der Waals surface area (Å²) in [5.74, 6) is 0.0328. The zero-order chi connectivity index (χ0) is 17.2. The minimum atomic E-state index is 0.0328. The lowest BCUT2D eigenvalue weighted by molar-refractivity contribution is 0.0936. The second kappa shape index (κ2) is 6.98. The number of carbonyl (C=O) groups is 1. The van der Waals surface area contributed by atoms with E-state index in [1.807, 2.05) is 18.2 Å². The van der Waals surface area contributed by atoms with Gasteiger partial charge >= 0.3 is 0 Å². The highest BCUT2D eigenvalue weighted by atomic mass is 32.1. The SMILES string of the molecule is CC(CNC(=O)c1cc2ccccc2s1)N1CCc2ccccc2C1.